The number of aliphatic hydroxyl groups excluding tert-OH is 1. The van der Waals surface area contributed by atoms with Crippen molar-refractivity contribution in [3.05, 3.63) is 33.5 Å². The molecule has 0 heterocycles. The van der Waals surface area contributed by atoms with Crippen LogP contribution in [0.5, 0.6) is 0 Å². The number of rotatable bonds is 1. The SMILES string of the molecule is Cc1cc(Br)c(F)cc1C(C)O. The smallest absolute Gasteiger partial charge is 0.137 e. The topological polar surface area (TPSA) is 20.2 Å². The third kappa shape index (κ3) is 1.84. The van der Waals surface area contributed by atoms with Gasteiger partial charge in [0.25, 0.3) is 0 Å². The molecule has 1 N–H and O–H groups in total. The summed E-state index contributed by atoms with van der Waals surface area (Å²) in [5, 5.41) is 9.24. The molecule has 0 aromatic heterocycles. The molecule has 66 valence electrons. The molecule has 0 saturated carbocycles. The molecular weight excluding hydrogens is 223 g/mol. The van der Waals surface area contributed by atoms with Gasteiger partial charge in [-0.05, 0) is 53.0 Å². The first-order valence-corrected chi connectivity index (χ1v) is 4.45. The van der Waals surface area contributed by atoms with Crippen molar-refractivity contribution < 1.29 is 9.50 Å². The van der Waals surface area contributed by atoms with Crippen LogP contribution in [0, 0.1) is 12.7 Å². The Labute approximate surface area is 79.4 Å². The normalized spacial score (nSPS) is 13.1. The minimum atomic E-state index is -0.618. The van der Waals surface area contributed by atoms with Crippen molar-refractivity contribution >= 4 is 15.9 Å². The summed E-state index contributed by atoms with van der Waals surface area (Å²) in [6.45, 7) is 3.46. The highest BCUT2D eigenvalue weighted by Gasteiger charge is 2.08. The van der Waals surface area contributed by atoms with E-state index >= 15 is 0 Å². The lowest BCUT2D eigenvalue weighted by Gasteiger charge is -2.09. The van der Waals surface area contributed by atoms with E-state index in [0.29, 0.717) is 10.0 Å². The largest absolute Gasteiger partial charge is 0.389 e. The summed E-state index contributed by atoms with van der Waals surface area (Å²) < 4.78 is 13.4. The summed E-state index contributed by atoms with van der Waals surface area (Å²) in [5.74, 6) is -0.337. The van der Waals surface area contributed by atoms with Gasteiger partial charge >= 0.3 is 0 Å². The van der Waals surface area contributed by atoms with Crippen LogP contribution >= 0.6 is 15.9 Å². The van der Waals surface area contributed by atoms with E-state index in [9.17, 15) is 9.50 Å². The minimum absolute atomic E-state index is 0.337. The van der Waals surface area contributed by atoms with Crippen LogP contribution in [0.3, 0.4) is 0 Å². The standard InChI is InChI=1S/C9H10BrFO/c1-5-3-8(10)9(11)4-7(5)6(2)12/h3-4,6,12H,1-2H3. The van der Waals surface area contributed by atoms with Gasteiger partial charge in [-0.15, -0.1) is 0 Å². The molecule has 1 nitrogen and oxygen atoms in total. The summed E-state index contributed by atoms with van der Waals surface area (Å²) in [7, 11) is 0. The van der Waals surface area contributed by atoms with E-state index < -0.39 is 6.10 Å². The Morgan fingerprint density at radius 1 is 1.50 bits per heavy atom. The number of hydrogen-bond donors (Lipinski definition) is 1. The number of aryl methyl sites for hydroxylation is 1. The molecular formula is C9H10BrFO. The highest BCUT2D eigenvalue weighted by molar-refractivity contribution is 9.10. The number of hydrogen-bond acceptors (Lipinski definition) is 1. The fraction of sp³-hybridized carbons (Fsp3) is 0.333. The molecule has 1 aromatic carbocycles. The summed E-state index contributed by atoms with van der Waals surface area (Å²) in [4.78, 5) is 0. The maximum absolute atomic E-state index is 13.0. The monoisotopic (exact) mass is 232 g/mol. The highest BCUT2D eigenvalue weighted by atomic mass is 79.9. The lowest BCUT2D eigenvalue weighted by atomic mass is 10.0. The molecule has 1 unspecified atom stereocenters. The van der Waals surface area contributed by atoms with Gasteiger partial charge < -0.3 is 5.11 Å². The molecule has 0 fully saturated rings. The molecule has 0 spiro atoms. The molecule has 0 aliphatic carbocycles. The van der Waals surface area contributed by atoms with Crippen LogP contribution in [0.25, 0.3) is 0 Å². The zero-order chi connectivity index (χ0) is 9.30. The molecule has 12 heavy (non-hydrogen) atoms. The van der Waals surface area contributed by atoms with Gasteiger partial charge in [-0.25, -0.2) is 4.39 Å². The molecule has 3 heteroatoms. The summed E-state index contributed by atoms with van der Waals surface area (Å²) in [6.07, 6.45) is -0.618. The van der Waals surface area contributed by atoms with Gasteiger partial charge in [-0.1, -0.05) is 0 Å². The summed E-state index contributed by atoms with van der Waals surface area (Å²) in [5.41, 5.74) is 1.52. The molecule has 0 aliphatic heterocycles. The molecule has 1 rings (SSSR count). The third-order valence-corrected chi connectivity index (χ3v) is 2.37. The fourth-order valence-corrected chi connectivity index (χ4v) is 1.57. The first-order valence-electron chi connectivity index (χ1n) is 3.66. The van der Waals surface area contributed by atoms with Gasteiger partial charge in [0.15, 0.2) is 0 Å². The Bertz CT molecular complexity index is 297. The van der Waals surface area contributed by atoms with Crippen LogP contribution < -0.4 is 0 Å². The second kappa shape index (κ2) is 3.54. The van der Waals surface area contributed by atoms with Crippen molar-refractivity contribution in [3.8, 4) is 0 Å². The Kier molecular flexibility index (Phi) is 2.85. The predicted molar refractivity (Wildman–Crippen MR) is 49.5 cm³/mol. The fourth-order valence-electron chi connectivity index (χ4n) is 1.11. The summed E-state index contributed by atoms with van der Waals surface area (Å²) in [6, 6.07) is 3.02. The lowest BCUT2D eigenvalue weighted by Crippen LogP contribution is -1.96. The molecule has 0 aliphatic rings. The van der Waals surface area contributed by atoms with Gasteiger partial charge in [0.05, 0.1) is 10.6 Å². The minimum Gasteiger partial charge on any atom is -0.389 e. The quantitative estimate of drug-likeness (QED) is 0.790. The maximum atomic E-state index is 13.0. The molecule has 1 aromatic rings. The van der Waals surface area contributed by atoms with E-state index in [0.717, 1.165) is 5.56 Å². The zero-order valence-corrected chi connectivity index (χ0v) is 8.52. The third-order valence-electron chi connectivity index (χ3n) is 1.76. The Morgan fingerprint density at radius 2 is 2.08 bits per heavy atom. The van der Waals surface area contributed by atoms with E-state index in [1.165, 1.54) is 6.07 Å². The van der Waals surface area contributed by atoms with Gasteiger partial charge in [-0.3, -0.25) is 0 Å². The van der Waals surface area contributed by atoms with Gasteiger partial charge in [-0.2, -0.15) is 0 Å². The van der Waals surface area contributed by atoms with Crippen molar-refractivity contribution in [2.75, 3.05) is 0 Å². The first kappa shape index (κ1) is 9.68. The van der Waals surface area contributed by atoms with E-state index in [4.69, 9.17) is 0 Å². The van der Waals surface area contributed by atoms with Crippen LogP contribution in [0.15, 0.2) is 16.6 Å². The first-order chi connectivity index (χ1) is 5.52. The van der Waals surface area contributed by atoms with E-state index in [-0.39, 0.29) is 5.82 Å². The van der Waals surface area contributed by atoms with E-state index in [1.807, 2.05) is 6.92 Å². The highest BCUT2D eigenvalue weighted by Crippen LogP contribution is 2.24. The Morgan fingerprint density at radius 3 is 2.58 bits per heavy atom. The maximum Gasteiger partial charge on any atom is 0.137 e. The van der Waals surface area contributed by atoms with Crippen molar-refractivity contribution in [2.24, 2.45) is 0 Å². The zero-order valence-electron chi connectivity index (χ0n) is 6.94. The number of benzene rings is 1. The number of halogens is 2. The molecule has 0 bridgehead atoms. The molecule has 1 atom stereocenters. The van der Waals surface area contributed by atoms with Crippen LogP contribution in [0.4, 0.5) is 4.39 Å². The summed E-state index contributed by atoms with van der Waals surface area (Å²) >= 11 is 3.07. The lowest BCUT2D eigenvalue weighted by molar-refractivity contribution is 0.198. The van der Waals surface area contributed by atoms with Crippen LogP contribution in [0.2, 0.25) is 0 Å². The molecule has 0 saturated heterocycles. The average molecular weight is 233 g/mol. The van der Waals surface area contributed by atoms with E-state index in [1.54, 1.807) is 13.0 Å². The predicted octanol–water partition coefficient (Wildman–Crippen LogP) is 2.95. The second-order valence-corrected chi connectivity index (χ2v) is 3.65. The van der Waals surface area contributed by atoms with Crippen LogP contribution in [-0.2, 0) is 0 Å². The van der Waals surface area contributed by atoms with Crippen LogP contribution in [-0.4, -0.2) is 5.11 Å². The van der Waals surface area contributed by atoms with Gasteiger partial charge in [0.1, 0.15) is 5.82 Å². The van der Waals surface area contributed by atoms with Crippen molar-refractivity contribution in [3.63, 3.8) is 0 Å². The average Bonchev–Trinajstić information content (AvgIpc) is 1.96. The second-order valence-electron chi connectivity index (χ2n) is 2.80. The van der Waals surface area contributed by atoms with Crippen molar-refractivity contribution in [1.82, 2.24) is 0 Å². The van der Waals surface area contributed by atoms with Crippen molar-refractivity contribution in [2.45, 2.75) is 20.0 Å². The van der Waals surface area contributed by atoms with Gasteiger partial charge in [0, 0.05) is 0 Å². The van der Waals surface area contributed by atoms with Crippen molar-refractivity contribution in [1.29, 1.82) is 0 Å². The van der Waals surface area contributed by atoms with E-state index in [2.05, 4.69) is 15.9 Å². The van der Waals surface area contributed by atoms with Crippen LogP contribution in [0.1, 0.15) is 24.2 Å². The Balaban J connectivity index is 3.23. The van der Waals surface area contributed by atoms with Gasteiger partial charge in [0.2, 0.25) is 0 Å². The molecule has 0 amide bonds. The Hall–Kier alpha value is -0.410. The molecule has 0 radical (unpaired) electrons. The number of aliphatic hydroxyl groups is 1.